The first kappa shape index (κ1) is 34.0. The van der Waals surface area contributed by atoms with Crippen molar-refractivity contribution < 1.29 is 0 Å². The summed E-state index contributed by atoms with van der Waals surface area (Å²) in [4.78, 5) is 14.6. The molecule has 7 rings (SSSR count). The summed E-state index contributed by atoms with van der Waals surface area (Å²) in [6.45, 7) is 0. The second-order valence-corrected chi connectivity index (χ2v) is 11.9. The van der Waals surface area contributed by atoms with Crippen LogP contribution in [0.25, 0.3) is 34.2 Å². The highest BCUT2D eigenvalue weighted by atomic mass is 15.0. The number of hydrogen-bond acceptors (Lipinski definition) is 6. The van der Waals surface area contributed by atoms with Gasteiger partial charge in [0.15, 0.2) is 17.5 Å². The Morgan fingerprint density at radius 2 is 0.407 bits per heavy atom. The fourth-order valence-electron chi connectivity index (χ4n) is 5.19. The Kier molecular flexibility index (Phi) is 10.1. The molecular formula is C48H24N6. The molecule has 0 aliphatic carbocycles. The molecule has 0 unspecified atom stereocenters. The van der Waals surface area contributed by atoms with Gasteiger partial charge in [-0.2, -0.15) is 15.8 Å². The van der Waals surface area contributed by atoms with E-state index in [4.69, 9.17) is 30.7 Å². The first-order chi connectivity index (χ1) is 26.5. The molecular weight excluding hydrogens is 661 g/mol. The quantitative estimate of drug-likeness (QED) is 0.172. The molecule has 246 valence electrons. The van der Waals surface area contributed by atoms with Crippen LogP contribution in [-0.4, -0.2) is 15.0 Å². The molecule has 6 heteroatoms. The molecule has 0 aliphatic rings. The van der Waals surface area contributed by atoms with Gasteiger partial charge in [0.05, 0.1) is 34.9 Å². The third-order valence-corrected chi connectivity index (χ3v) is 8.16. The normalized spacial score (nSPS) is 9.72. The van der Waals surface area contributed by atoms with Gasteiger partial charge in [-0.05, 0) is 146 Å². The Morgan fingerprint density at radius 3 is 0.593 bits per heavy atom. The number of aromatic nitrogens is 3. The molecule has 0 saturated heterocycles. The van der Waals surface area contributed by atoms with Crippen molar-refractivity contribution in [1.29, 1.82) is 15.8 Å². The van der Waals surface area contributed by atoms with Crippen molar-refractivity contribution in [2.24, 2.45) is 0 Å². The molecule has 0 saturated carbocycles. The molecule has 0 amide bonds. The lowest BCUT2D eigenvalue weighted by atomic mass is 10.1. The summed E-state index contributed by atoms with van der Waals surface area (Å²) in [6, 6.07) is 51.1. The van der Waals surface area contributed by atoms with E-state index < -0.39 is 0 Å². The van der Waals surface area contributed by atoms with Gasteiger partial charge in [-0.3, -0.25) is 0 Å². The van der Waals surface area contributed by atoms with Crippen LogP contribution in [0, 0.1) is 69.5 Å². The minimum absolute atomic E-state index is 0.510. The maximum absolute atomic E-state index is 9.06. The van der Waals surface area contributed by atoms with Gasteiger partial charge in [-0.1, -0.05) is 35.5 Å². The molecule has 54 heavy (non-hydrogen) atoms. The SMILES string of the molecule is N#Cc1ccc(C#Cc2ccc(-c3nc(-c4ccc(C#Cc5ccc(C#N)cc5)cc4)nc(-c4ccc(C#Cc5ccc(C#N)cc5)cc4)n3)cc2)cc1. The van der Waals surface area contributed by atoms with Crippen LogP contribution < -0.4 is 0 Å². The Bertz CT molecular complexity index is 2470. The van der Waals surface area contributed by atoms with Crippen LogP contribution in [0.4, 0.5) is 0 Å². The number of rotatable bonds is 3. The molecule has 0 aliphatic heterocycles. The van der Waals surface area contributed by atoms with Crippen LogP contribution >= 0.6 is 0 Å². The van der Waals surface area contributed by atoms with Crippen molar-refractivity contribution in [1.82, 2.24) is 15.0 Å². The Labute approximate surface area is 313 Å². The Hall–Kier alpha value is -8.52. The van der Waals surface area contributed by atoms with Crippen LogP contribution in [0.1, 0.15) is 50.1 Å². The van der Waals surface area contributed by atoms with Crippen molar-refractivity contribution in [3.8, 4) is 87.9 Å². The lowest BCUT2D eigenvalue weighted by molar-refractivity contribution is 1.07. The summed E-state index contributed by atoms with van der Waals surface area (Å²) in [7, 11) is 0. The highest BCUT2D eigenvalue weighted by Crippen LogP contribution is 2.25. The molecule has 0 atom stereocenters. The summed E-state index contributed by atoms with van der Waals surface area (Å²) in [6.07, 6.45) is 0. The van der Waals surface area contributed by atoms with Gasteiger partial charge >= 0.3 is 0 Å². The van der Waals surface area contributed by atoms with E-state index in [1.54, 1.807) is 36.4 Å². The van der Waals surface area contributed by atoms with Gasteiger partial charge < -0.3 is 0 Å². The molecule has 0 bridgehead atoms. The molecule has 0 radical (unpaired) electrons. The van der Waals surface area contributed by atoms with Gasteiger partial charge in [0.25, 0.3) is 0 Å². The zero-order valence-corrected chi connectivity index (χ0v) is 28.5. The monoisotopic (exact) mass is 684 g/mol. The van der Waals surface area contributed by atoms with E-state index in [-0.39, 0.29) is 0 Å². The zero-order chi connectivity index (χ0) is 37.1. The molecule has 0 spiro atoms. The molecule has 6 nitrogen and oxygen atoms in total. The van der Waals surface area contributed by atoms with Crippen LogP contribution in [0.5, 0.6) is 0 Å². The Balaban J connectivity index is 1.19. The van der Waals surface area contributed by atoms with Crippen molar-refractivity contribution in [2.75, 3.05) is 0 Å². The van der Waals surface area contributed by atoms with E-state index in [0.29, 0.717) is 34.2 Å². The van der Waals surface area contributed by atoms with Gasteiger partial charge in [-0.15, -0.1) is 0 Å². The van der Waals surface area contributed by atoms with Gasteiger partial charge in [0.2, 0.25) is 0 Å². The minimum Gasteiger partial charge on any atom is -0.208 e. The predicted molar refractivity (Wildman–Crippen MR) is 208 cm³/mol. The zero-order valence-electron chi connectivity index (χ0n) is 28.5. The highest BCUT2D eigenvalue weighted by molar-refractivity contribution is 5.68. The van der Waals surface area contributed by atoms with Crippen LogP contribution in [0.15, 0.2) is 146 Å². The average molecular weight is 685 g/mol. The van der Waals surface area contributed by atoms with E-state index in [2.05, 4.69) is 53.7 Å². The molecule has 1 heterocycles. The maximum Gasteiger partial charge on any atom is 0.164 e. The first-order valence-electron chi connectivity index (χ1n) is 16.7. The highest BCUT2D eigenvalue weighted by Gasteiger charge is 2.12. The maximum atomic E-state index is 9.06. The van der Waals surface area contributed by atoms with Crippen LogP contribution in [-0.2, 0) is 0 Å². The first-order valence-corrected chi connectivity index (χ1v) is 16.7. The number of benzene rings is 6. The average Bonchev–Trinajstić information content (AvgIpc) is 3.25. The summed E-state index contributed by atoms with van der Waals surface area (Å²) in [5.74, 6) is 20.5. The van der Waals surface area contributed by atoms with Crippen molar-refractivity contribution in [3.63, 3.8) is 0 Å². The lowest BCUT2D eigenvalue weighted by Crippen LogP contribution is -2.00. The molecule has 0 N–H and O–H groups in total. The fraction of sp³-hybridized carbons (Fsp3) is 0. The molecule has 6 aromatic carbocycles. The minimum atomic E-state index is 0.510. The predicted octanol–water partition coefficient (Wildman–Crippen LogP) is 8.69. The molecule has 0 fully saturated rings. The standard InChI is InChI=1S/C48H24N6/c49-31-40-13-7-34(8-14-40)1-4-37-19-25-43(26-20-37)46-52-47(44-27-21-38(22-28-44)5-2-35-9-15-41(32-50)16-10-35)54-48(53-46)45-29-23-39(24-30-45)6-3-36-11-17-42(33-51)18-12-36/h7-30H. The van der Waals surface area contributed by atoms with Gasteiger partial charge in [0, 0.05) is 50.1 Å². The fourth-order valence-corrected chi connectivity index (χ4v) is 5.19. The van der Waals surface area contributed by atoms with Gasteiger partial charge in [-0.25, -0.2) is 15.0 Å². The van der Waals surface area contributed by atoms with Crippen molar-refractivity contribution in [2.45, 2.75) is 0 Å². The third-order valence-electron chi connectivity index (χ3n) is 8.16. The summed E-state index contributed by atoms with van der Waals surface area (Å²) >= 11 is 0. The lowest BCUT2D eigenvalue weighted by Gasteiger charge is -2.09. The van der Waals surface area contributed by atoms with Crippen LogP contribution in [0.2, 0.25) is 0 Å². The van der Waals surface area contributed by atoms with E-state index in [1.165, 1.54) is 0 Å². The largest absolute Gasteiger partial charge is 0.208 e. The third kappa shape index (κ3) is 8.43. The summed E-state index contributed by atoms with van der Waals surface area (Å²) in [5.41, 5.74) is 9.13. The van der Waals surface area contributed by atoms with Crippen molar-refractivity contribution >= 4 is 0 Å². The summed E-state index contributed by atoms with van der Waals surface area (Å²) < 4.78 is 0. The van der Waals surface area contributed by atoms with E-state index in [0.717, 1.165) is 50.1 Å². The van der Waals surface area contributed by atoms with E-state index in [1.807, 2.05) is 109 Å². The molecule has 1 aromatic heterocycles. The number of hydrogen-bond donors (Lipinski definition) is 0. The second-order valence-electron chi connectivity index (χ2n) is 11.9. The van der Waals surface area contributed by atoms with E-state index in [9.17, 15) is 0 Å². The van der Waals surface area contributed by atoms with Crippen LogP contribution in [0.3, 0.4) is 0 Å². The summed E-state index contributed by atoms with van der Waals surface area (Å²) in [5, 5.41) is 27.2. The van der Waals surface area contributed by atoms with Gasteiger partial charge in [0.1, 0.15) is 0 Å². The number of nitrogens with zero attached hydrogens (tertiary/aromatic N) is 6. The van der Waals surface area contributed by atoms with E-state index >= 15 is 0 Å². The van der Waals surface area contributed by atoms with Crippen molar-refractivity contribution in [3.05, 3.63) is 196 Å². The molecule has 7 aromatic rings. The Morgan fingerprint density at radius 1 is 0.241 bits per heavy atom. The smallest absolute Gasteiger partial charge is 0.164 e. The number of nitriles is 3. The topological polar surface area (TPSA) is 110 Å². The second kappa shape index (κ2) is 16.0.